The molecule has 3 rings (SSSR count). The molecule has 1 aliphatic heterocycles. The second kappa shape index (κ2) is 4.74. The third-order valence-corrected chi connectivity index (χ3v) is 3.89. The number of rotatable bonds is 2. The van der Waals surface area contributed by atoms with E-state index in [2.05, 4.69) is 11.0 Å². The number of hydrogen-bond acceptors (Lipinski definition) is 2. The van der Waals surface area contributed by atoms with Crippen molar-refractivity contribution in [2.24, 2.45) is 0 Å². The zero-order valence-electron chi connectivity index (χ0n) is 10.4. The van der Waals surface area contributed by atoms with Gasteiger partial charge < -0.3 is 10.6 Å². The summed E-state index contributed by atoms with van der Waals surface area (Å²) in [6, 6.07) is 10.5. The van der Waals surface area contributed by atoms with E-state index in [1.807, 2.05) is 12.1 Å². The monoisotopic (exact) mass is 276 g/mol. The summed E-state index contributed by atoms with van der Waals surface area (Å²) < 4.78 is 13.0. The van der Waals surface area contributed by atoms with E-state index in [9.17, 15) is 4.39 Å². The van der Waals surface area contributed by atoms with Crippen LogP contribution in [0.5, 0.6) is 0 Å². The summed E-state index contributed by atoms with van der Waals surface area (Å²) >= 11 is 6.07. The quantitative estimate of drug-likeness (QED) is 0.849. The average Bonchev–Trinajstić information content (AvgIpc) is 2.78. The van der Waals surface area contributed by atoms with Gasteiger partial charge in [-0.3, -0.25) is 0 Å². The van der Waals surface area contributed by atoms with Crippen LogP contribution in [0.4, 0.5) is 15.8 Å². The molecule has 0 radical (unpaired) electrons. The smallest absolute Gasteiger partial charge is 0.124 e. The molecule has 2 nitrogen and oxygen atoms in total. The van der Waals surface area contributed by atoms with Gasteiger partial charge in [0.2, 0.25) is 0 Å². The first-order valence-corrected chi connectivity index (χ1v) is 6.59. The van der Waals surface area contributed by atoms with Crippen LogP contribution in [-0.2, 0) is 13.0 Å². The molecule has 0 bridgehead atoms. The van der Waals surface area contributed by atoms with Crippen LogP contribution in [0, 0.1) is 5.82 Å². The van der Waals surface area contributed by atoms with Crippen LogP contribution in [0.2, 0.25) is 5.02 Å². The number of fused-ring (bicyclic) bond motifs is 1. The number of nitrogens with zero attached hydrogens (tertiary/aromatic N) is 1. The summed E-state index contributed by atoms with van der Waals surface area (Å²) in [7, 11) is 0. The van der Waals surface area contributed by atoms with Gasteiger partial charge >= 0.3 is 0 Å². The molecule has 0 spiro atoms. The predicted molar refractivity (Wildman–Crippen MR) is 77.0 cm³/mol. The molecule has 0 saturated carbocycles. The van der Waals surface area contributed by atoms with Crippen molar-refractivity contribution < 1.29 is 4.39 Å². The fourth-order valence-corrected chi connectivity index (χ4v) is 2.77. The second-order valence-electron chi connectivity index (χ2n) is 4.75. The van der Waals surface area contributed by atoms with Crippen LogP contribution >= 0.6 is 11.6 Å². The summed E-state index contributed by atoms with van der Waals surface area (Å²) in [6.45, 7) is 1.59. The first-order chi connectivity index (χ1) is 9.15. The van der Waals surface area contributed by atoms with Crippen molar-refractivity contribution in [1.82, 2.24) is 0 Å². The van der Waals surface area contributed by atoms with E-state index in [0.717, 1.165) is 29.9 Å². The molecule has 2 N–H and O–H groups in total. The van der Waals surface area contributed by atoms with E-state index in [1.54, 1.807) is 6.07 Å². The largest absolute Gasteiger partial charge is 0.398 e. The third kappa shape index (κ3) is 2.26. The number of nitrogen functional groups attached to an aromatic ring is 1. The standard InChI is InChI=1S/C15H14ClFN2/c16-13-8-11(17)5-4-10(13)9-19-7-6-12-14(18)2-1-3-15(12)19/h1-5,8H,6-7,9,18H2. The van der Waals surface area contributed by atoms with Crippen LogP contribution in [0.1, 0.15) is 11.1 Å². The van der Waals surface area contributed by atoms with E-state index in [0.29, 0.717) is 11.6 Å². The maximum atomic E-state index is 13.0. The number of halogens is 2. The minimum absolute atomic E-state index is 0.306. The Morgan fingerprint density at radius 3 is 2.89 bits per heavy atom. The van der Waals surface area contributed by atoms with Crippen molar-refractivity contribution in [3.63, 3.8) is 0 Å². The van der Waals surface area contributed by atoms with Crippen molar-refractivity contribution in [2.45, 2.75) is 13.0 Å². The van der Waals surface area contributed by atoms with Gasteiger partial charge in [-0.05, 0) is 36.2 Å². The summed E-state index contributed by atoms with van der Waals surface area (Å²) in [6.07, 6.45) is 0.945. The topological polar surface area (TPSA) is 29.3 Å². The minimum Gasteiger partial charge on any atom is -0.398 e. The van der Waals surface area contributed by atoms with Crippen molar-refractivity contribution >= 4 is 23.0 Å². The Morgan fingerprint density at radius 1 is 1.26 bits per heavy atom. The highest BCUT2D eigenvalue weighted by atomic mass is 35.5. The van der Waals surface area contributed by atoms with Gasteiger partial charge in [-0.25, -0.2) is 4.39 Å². The highest BCUT2D eigenvalue weighted by Crippen LogP contribution is 2.33. The lowest BCUT2D eigenvalue weighted by atomic mass is 10.1. The van der Waals surface area contributed by atoms with Gasteiger partial charge in [-0.2, -0.15) is 0 Å². The number of nitrogens with two attached hydrogens (primary N) is 1. The summed E-state index contributed by atoms with van der Waals surface area (Å²) in [5.41, 5.74) is 10.1. The summed E-state index contributed by atoms with van der Waals surface area (Å²) in [4.78, 5) is 2.23. The van der Waals surface area contributed by atoms with Gasteiger partial charge in [0.15, 0.2) is 0 Å². The van der Waals surface area contributed by atoms with Crippen molar-refractivity contribution in [1.29, 1.82) is 0 Å². The molecule has 1 aliphatic rings. The van der Waals surface area contributed by atoms with Crippen LogP contribution in [-0.4, -0.2) is 6.54 Å². The first-order valence-electron chi connectivity index (χ1n) is 6.21. The first kappa shape index (κ1) is 12.3. The molecule has 19 heavy (non-hydrogen) atoms. The molecule has 1 heterocycles. The molecule has 0 amide bonds. The average molecular weight is 277 g/mol. The van der Waals surface area contributed by atoms with Gasteiger partial charge in [0.25, 0.3) is 0 Å². The Morgan fingerprint density at radius 2 is 2.11 bits per heavy atom. The lowest BCUT2D eigenvalue weighted by Gasteiger charge is -2.20. The lowest BCUT2D eigenvalue weighted by molar-refractivity contribution is 0.627. The molecule has 98 valence electrons. The molecule has 2 aromatic carbocycles. The van der Waals surface area contributed by atoms with Gasteiger partial charge in [-0.1, -0.05) is 23.7 Å². The Balaban J connectivity index is 1.89. The lowest BCUT2D eigenvalue weighted by Crippen LogP contribution is -2.19. The highest BCUT2D eigenvalue weighted by molar-refractivity contribution is 6.31. The Kier molecular flexibility index (Phi) is 3.07. The van der Waals surface area contributed by atoms with Crippen molar-refractivity contribution in [3.8, 4) is 0 Å². The molecule has 0 saturated heterocycles. The van der Waals surface area contributed by atoms with E-state index in [4.69, 9.17) is 17.3 Å². The van der Waals surface area contributed by atoms with Gasteiger partial charge in [0.05, 0.1) is 0 Å². The molecule has 0 aliphatic carbocycles. The maximum absolute atomic E-state index is 13.0. The van der Waals surface area contributed by atoms with Crippen molar-refractivity contribution in [3.05, 3.63) is 58.4 Å². The molecule has 2 aromatic rings. The molecule has 0 unspecified atom stereocenters. The predicted octanol–water partition coefficient (Wildman–Crippen LogP) is 3.62. The molecule has 0 aromatic heterocycles. The Labute approximate surface area is 116 Å². The van der Waals surface area contributed by atoms with E-state index in [-0.39, 0.29) is 5.82 Å². The summed E-state index contributed by atoms with van der Waals surface area (Å²) in [5, 5.41) is 0.470. The Hall–Kier alpha value is -1.74. The van der Waals surface area contributed by atoms with Gasteiger partial charge in [-0.15, -0.1) is 0 Å². The molecular formula is C15H14ClFN2. The number of anilines is 2. The number of benzene rings is 2. The van der Waals surface area contributed by atoms with Crippen LogP contribution in [0.3, 0.4) is 0 Å². The minimum atomic E-state index is -0.306. The zero-order valence-corrected chi connectivity index (χ0v) is 11.1. The van der Waals surface area contributed by atoms with Crippen LogP contribution in [0.25, 0.3) is 0 Å². The van der Waals surface area contributed by atoms with E-state index >= 15 is 0 Å². The second-order valence-corrected chi connectivity index (χ2v) is 5.16. The van der Waals surface area contributed by atoms with Crippen LogP contribution < -0.4 is 10.6 Å². The maximum Gasteiger partial charge on any atom is 0.124 e. The zero-order chi connectivity index (χ0) is 13.4. The SMILES string of the molecule is Nc1cccc2c1CCN2Cc1ccc(F)cc1Cl. The fourth-order valence-electron chi connectivity index (χ4n) is 2.55. The molecular weight excluding hydrogens is 263 g/mol. The Bertz CT molecular complexity index is 628. The highest BCUT2D eigenvalue weighted by Gasteiger charge is 2.21. The molecule has 0 atom stereocenters. The fraction of sp³-hybridized carbons (Fsp3) is 0.200. The van der Waals surface area contributed by atoms with Gasteiger partial charge in [0.1, 0.15) is 5.82 Å². The summed E-state index contributed by atoms with van der Waals surface area (Å²) in [5.74, 6) is -0.306. The van der Waals surface area contributed by atoms with E-state index in [1.165, 1.54) is 17.7 Å². The van der Waals surface area contributed by atoms with E-state index < -0.39 is 0 Å². The van der Waals surface area contributed by atoms with Gasteiger partial charge in [0, 0.05) is 35.1 Å². The molecule has 0 fully saturated rings. The third-order valence-electron chi connectivity index (χ3n) is 3.54. The van der Waals surface area contributed by atoms with Crippen LogP contribution in [0.15, 0.2) is 36.4 Å². The normalized spacial score (nSPS) is 13.7. The van der Waals surface area contributed by atoms with Crippen molar-refractivity contribution in [2.75, 3.05) is 17.2 Å². The molecule has 4 heteroatoms. The number of hydrogen-bond donors (Lipinski definition) is 1.